The third kappa shape index (κ3) is 5.33. The summed E-state index contributed by atoms with van der Waals surface area (Å²) in [5.74, 6) is -0.850. The Morgan fingerprint density at radius 3 is 1.88 bits per heavy atom. The molecule has 0 aromatic rings. The van der Waals surface area contributed by atoms with Gasteiger partial charge < -0.3 is 5.11 Å². The van der Waals surface area contributed by atoms with E-state index in [9.17, 15) is 13.2 Å². The van der Waals surface area contributed by atoms with Crippen LogP contribution in [0, 0.1) is 0 Å². The minimum Gasteiger partial charge on any atom is -0.513 e. The van der Waals surface area contributed by atoms with Gasteiger partial charge in [-0.15, -0.1) is 0 Å². The molecule has 0 aromatic carbocycles. The van der Waals surface area contributed by atoms with Crippen molar-refractivity contribution in [1.29, 1.82) is 0 Å². The fraction of sp³-hybridized carbons (Fsp3) is 0.500. The summed E-state index contributed by atoms with van der Waals surface area (Å²) in [5, 5.41) is 7.97. The summed E-state index contributed by atoms with van der Waals surface area (Å²) in [5.41, 5.74) is 0. The lowest BCUT2D eigenvalue weighted by molar-refractivity contribution is -0.132. The minimum atomic E-state index is -4.33. The molecule has 4 heteroatoms. The molecule has 0 rings (SSSR count). The lowest BCUT2D eigenvalue weighted by Gasteiger charge is -2.01. The van der Waals surface area contributed by atoms with Crippen LogP contribution in [0.25, 0.3) is 0 Å². The van der Waals surface area contributed by atoms with E-state index in [1.165, 1.54) is 0 Å². The molecule has 1 N–H and O–H groups in total. The minimum absolute atomic E-state index is 0.850. The molecule has 0 heterocycles. The normalized spacial score (nSPS) is 11.4. The van der Waals surface area contributed by atoms with Crippen molar-refractivity contribution in [3.8, 4) is 0 Å². The SMILES string of the molecule is C=C(O)CC(F)(F)F. The first-order valence-electron chi connectivity index (χ1n) is 1.85. The highest BCUT2D eigenvalue weighted by Gasteiger charge is 2.27. The molecule has 0 fully saturated rings. The fourth-order valence-corrected chi connectivity index (χ4v) is 0.231. The largest absolute Gasteiger partial charge is 0.513 e. The molecule has 0 bridgehead atoms. The third-order valence-corrected chi connectivity index (χ3v) is 0.405. The first-order valence-corrected chi connectivity index (χ1v) is 1.85. The number of aliphatic hydroxyl groups is 1. The van der Waals surface area contributed by atoms with E-state index < -0.39 is 18.4 Å². The molecule has 0 aliphatic rings. The van der Waals surface area contributed by atoms with Gasteiger partial charge in [-0.1, -0.05) is 6.58 Å². The van der Waals surface area contributed by atoms with E-state index in [1.807, 2.05) is 0 Å². The van der Waals surface area contributed by atoms with E-state index in [-0.39, 0.29) is 0 Å². The zero-order valence-corrected chi connectivity index (χ0v) is 4.00. The van der Waals surface area contributed by atoms with E-state index in [0.29, 0.717) is 0 Å². The maximum absolute atomic E-state index is 11.1. The molecular weight excluding hydrogens is 121 g/mol. The van der Waals surface area contributed by atoms with Crippen LogP contribution in [0.15, 0.2) is 12.3 Å². The van der Waals surface area contributed by atoms with Gasteiger partial charge in [-0.05, 0) is 0 Å². The van der Waals surface area contributed by atoms with E-state index in [2.05, 4.69) is 6.58 Å². The Morgan fingerprint density at radius 1 is 1.50 bits per heavy atom. The topological polar surface area (TPSA) is 20.2 Å². The van der Waals surface area contributed by atoms with Crippen LogP contribution < -0.4 is 0 Å². The van der Waals surface area contributed by atoms with Crippen molar-refractivity contribution in [3.63, 3.8) is 0 Å². The predicted molar refractivity (Wildman–Crippen MR) is 22.4 cm³/mol. The first kappa shape index (κ1) is 7.33. The van der Waals surface area contributed by atoms with E-state index in [0.717, 1.165) is 0 Å². The van der Waals surface area contributed by atoms with Crippen molar-refractivity contribution < 1.29 is 18.3 Å². The Hall–Kier alpha value is -0.670. The molecule has 0 aliphatic heterocycles. The average molecular weight is 126 g/mol. The Bertz CT molecular complexity index is 93.9. The van der Waals surface area contributed by atoms with Gasteiger partial charge in [0.25, 0.3) is 0 Å². The zero-order chi connectivity index (χ0) is 6.78. The first-order chi connectivity index (χ1) is 3.42. The molecule has 1 nitrogen and oxygen atoms in total. The standard InChI is InChI=1S/C4H5F3O/c1-3(8)2-4(5,6)7/h8H,1-2H2. The fourth-order valence-electron chi connectivity index (χ4n) is 0.231. The number of aliphatic hydroxyl groups excluding tert-OH is 1. The lowest BCUT2D eigenvalue weighted by atomic mass is 10.4. The molecule has 0 amide bonds. The maximum atomic E-state index is 11.1. The van der Waals surface area contributed by atoms with Crippen LogP contribution in [0.4, 0.5) is 13.2 Å². The summed E-state index contributed by atoms with van der Waals surface area (Å²) < 4.78 is 33.3. The second kappa shape index (κ2) is 2.07. The third-order valence-electron chi connectivity index (χ3n) is 0.405. The van der Waals surface area contributed by atoms with Gasteiger partial charge in [0.05, 0.1) is 5.76 Å². The molecule has 0 spiro atoms. The number of halogens is 3. The quantitative estimate of drug-likeness (QED) is 0.533. The highest BCUT2D eigenvalue weighted by Crippen LogP contribution is 2.21. The summed E-state index contributed by atoms with van der Waals surface area (Å²) in [4.78, 5) is 0. The van der Waals surface area contributed by atoms with Gasteiger partial charge in [-0.25, -0.2) is 0 Å². The number of hydrogen-bond donors (Lipinski definition) is 1. The van der Waals surface area contributed by atoms with Gasteiger partial charge in [-0.2, -0.15) is 13.2 Å². The van der Waals surface area contributed by atoms with E-state index in [4.69, 9.17) is 5.11 Å². The second-order valence-corrected chi connectivity index (χ2v) is 1.36. The number of hydrogen-bond acceptors (Lipinski definition) is 1. The van der Waals surface area contributed by atoms with Crippen LogP contribution >= 0.6 is 0 Å². The molecule has 0 radical (unpaired) electrons. The predicted octanol–water partition coefficient (Wildman–Crippen LogP) is 2.01. The zero-order valence-electron chi connectivity index (χ0n) is 4.00. The summed E-state index contributed by atoms with van der Waals surface area (Å²) >= 11 is 0. The highest BCUT2D eigenvalue weighted by atomic mass is 19.4. The van der Waals surface area contributed by atoms with Gasteiger partial charge in [0, 0.05) is 0 Å². The summed E-state index contributed by atoms with van der Waals surface area (Å²) in [6, 6.07) is 0. The van der Waals surface area contributed by atoms with Crippen LogP contribution in [0.2, 0.25) is 0 Å². The monoisotopic (exact) mass is 126 g/mol. The summed E-state index contributed by atoms with van der Waals surface area (Å²) in [6.07, 6.45) is -5.64. The molecule has 48 valence electrons. The molecule has 0 unspecified atom stereocenters. The lowest BCUT2D eigenvalue weighted by Crippen LogP contribution is -2.07. The second-order valence-electron chi connectivity index (χ2n) is 1.36. The molecule has 8 heavy (non-hydrogen) atoms. The highest BCUT2D eigenvalue weighted by molar-refractivity contribution is 4.81. The van der Waals surface area contributed by atoms with Gasteiger partial charge in [0.15, 0.2) is 0 Å². The van der Waals surface area contributed by atoms with Crippen LogP contribution in [-0.4, -0.2) is 11.3 Å². The Labute approximate surface area is 44.4 Å². The number of alkyl halides is 3. The maximum Gasteiger partial charge on any atom is 0.396 e. The molecular formula is C4H5F3O. The van der Waals surface area contributed by atoms with Crippen molar-refractivity contribution >= 4 is 0 Å². The van der Waals surface area contributed by atoms with Crippen molar-refractivity contribution in [3.05, 3.63) is 12.3 Å². The van der Waals surface area contributed by atoms with Crippen molar-refractivity contribution in [2.75, 3.05) is 0 Å². The van der Waals surface area contributed by atoms with Gasteiger partial charge in [0.1, 0.15) is 6.42 Å². The Balaban J connectivity index is 3.55. The molecule has 0 saturated heterocycles. The summed E-state index contributed by atoms with van der Waals surface area (Å²) in [7, 11) is 0. The number of allylic oxidation sites excluding steroid dienone is 1. The van der Waals surface area contributed by atoms with E-state index in [1.54, 1.807) is 0 Å². The molecule has 0 aromatic heterocycles. The Kier molecular flexibility index (Phi) is 1.89. The average Bonchev–Trinajstić information content (AvgIpc) is 1.21. The van der Waals surface area contributed by atoms with Gasteiger partial charge in [-0.3, -0.25) is 0 Å². The van der Waals surface area contributed by atoms with Crippen LogP contribution in [0.5, 0.6) is 0 Å². The summed E-state index contributed by atoms with van der Waals surface area (Å²) in [6.45, 7) is 2.68. The van der Waals surface area contributed by atoms with Crippen LogP contribution in [0.3, 0.4) is 0 Å². The molecule has 0 saturated carbocycles. The Morgan fingerprint density at radius 2 is 1.88 bits per heavy atom. The van der Waals surface area contributed by atoms with Gasteiger partial charge in [0.2, 0.25) is 0 Å². The van der Waals surface area contributed by atoms with Gasteiger partial charge >= 0.3 is 6.18 Å². The van der Waals surface area contributed by atoms with Crippen molar-refractivity contribution in [2.45, 2.75) is 12.6 Å². The molecule has 0 aliphatic carbocycles. The van der Waals surface area contributed by atoms with Crippen molar-refractivity contribution in [2.24, 2.45) is 0 Å². The van der Waals surface area contributed by atoms with E-state index >= 15 is 0 Å². The van der Waals surface area contributed by atoms with Crippen LogP contribution in [-0.2, 0) is 0 Å². The smallest absolute Gasteiger partial charge is 0.396 e. The molecule has 0 atom stereocenters. The van der Waals surface area contributed by atoms with Crippen molar-refractivity contribution in [1.82, 2.24) is 0 Å². The number of rotatable bonds is 1. The van der Waals surface area contributed by atoms with Crippen LogP contribution in [0.1, 0.15) is 6.42 Å².